The van der Waals surface area contributed by atoms with E-state index in [2.05, 4.69) is 4.98 Å². The second-order valence-electron chi connectivity index (χ2n) is 7.06. The van der Waals surface area contributed by atoms with Gasteiger partial charge in [-0.05, 0) is 42.0 Å². The average molecular weight is 416 g/mol. The summed E-state index contributed by atoms with van der Waals surface area (Å²) < 4.78 is 19.4. The van der Waals surface area contributed by atoms with Gasteiger partial charge in [-0.3, -0.25) is 4.79 Å². The minimum absolute atomic E-state index is 0.0423. The van der Waals surface area contributed by atoms with Crippen LogP contribution in [-0.4, -0.2) is 10.8 Å². The Morgan fingerprint density at radius 1 is 0.967 bits per heavy atom. The summed E-state index contributed by atoms with van der Waals surface area (Å²) in [5.41, 5.74) is 4.25. The summed E-state index contributed by atoms with van der Waals surface area (Å²) in [6.07, 6.45) is 3.72. The van der Waals surface area contributed by atoms with Crippen LogP contribution in [-0.2, 0) is 6.61 Å². The summed E-state index contributed by atoms with van der Waals surface area (Å²) in [7, 11) is 0. The maximum atomic E-state index is 13.6. The largest absolute Gasteiger partial charge is 0.488 e. The van der Waals surface area contributed by atoms with E-state index in [0.717, 1.165) is 11.1 Å². The molecule has 5 heteroatoms. The third kappa shape index (κ3) is 3.36. The third-order valence-corrected chi connectivity index (χ3v) is 5.38. The molecule has 0 saturated heterocycles. The number of halogens is 2. The molecule has 0 amide bonds. The Morgan fingerprint density at radius 2 is 1.83 bits per heavy atom. The molecule has 0 unspecified atom stereocenters. The fraction of sp³-hybridized carbons (Fsp3) is 0.0400. The molecule has 30 heavy (non-hydrogen) atoms. The molecular weight excluding hydrogens is 401 g/mol. The summed E-state index contributed by atoms with van der Waals surface area (Å²) in [6, 6.07) is 19.5. The second-order valence-corrected chi connectivity index (χ2v) is 7.47. The number of hydrogen-bond donors (Lipinski definition) is 0. The predicted octanol–water partition coefficient (Wildman–Crippen LogP) is 6.32. The van der Waals surface area contributed by atoms with Crippen LogP contribution in [0.1, 0.15) is 32.7 Å². The normalized spacial score (nSPS) is 13.1. The molecule has 0 atom stereocenters. The summed E-state index contributed by atoms with van der Waals surface area (Å²) in [5.74, 6) is 0.0652. The Morgan fingerprint density at radius 3 is 2.73 bits per heavy atom. The van der Waals surface area contributed by atoms with Crippen LogP contribution < -0.4 is 4.74 Å². The lowest BCUT2D eigenvalue weighted by molar-refractivity contribution is 0.103. The molecule has 0 bridgehead atoms. The third-order valence-electron chi connectivity index (χ3n) is 5.09. The molecule has 1 aromatic heterocycles. The minimum Gasteiger partial charge on any atom is -0.488 e. The van der Waals surface area contributed by atoms with Gasteiger partial charge in [0.1, 0.15) is 18.2 Å². The Balaban J connectivity index is 1.48. The van der Waals surface area contributed by atoms with Crippen LogP contribution in [0.2, 0.25) is 5.02 Å². The highest BCUT2D eigenvalue weighted by molar-refractivity contribution is 6.31. The predicted molar refractivity (Wildman–Crippen MR) is 116 cm³/mol. The van der Waals surface area contributed by atoms with Gasteiger partial charge in [-0.15, -0.1) is 0 Å². The lowest BCUT2D eigenvalue weighted by atomic mass is 9.98. The zero-order valence-corrected chi connectivity index (χ0v) is 16.5. The summed E-state index contributed by atoms with van der Waals surface area (Å²) >= 11 is 5.87. The second kappa shape index (κ2) is 7.39. The van der Waals surface area contributed by atoms with Gasteiger partial charge in [-0.2, -0.15) is 0 Å². The molecule has 0 saturated carbocycles. The van der Waals surface area contributed by atoms with Crippen LogP contribution in [0.4, 0.5) is 4.39 Å². The van der Waals surface area contributed by atoms with Gasteiger partial charge in [-0.1, -0.05) is 54.1 Å². The molecule has 0 radical (unpaired) electrons. The van der Waals surface area contributed by atoms with E-state index in [4.69, 9.17) is 16.3 Å². The van der Waals surface area contributed by atoms with Gasteiger partial charge in [-0.25, -0.2) is 9.37 Å². The maximum Gasteiger partial charge on any atom is 0.197 e. The highest BCUT2D eigenvalue weighted by atomic mass is 35.5. The first kappa shape index (κ1) is 18.5. The number of ether oxygens (including phenoxy) is 1. The number of nitrogens with zero attached hydrogens (tertiary/aromatic N) is 1. The molecule has 1 aliphatic rings. The van der Waals surface area contributed by atoms with Crippen molar-refractivity contribution in [2.24, 2.45) is 0 Å². The zero-order valence-electron chi connectivity index (χ0n) is 15.7. The number of ketones is 1. The van der Waals surface area contributed by atoms with Crippen molar-refractivity contribution in [3.8, 4) is 5.75 Å². The quantitative estimate of drug-likeness (QED) is 0.384. The summed E-state index contributed by atoms with van der Waals surface area (Å²) in [4.78, 5) is 17.5. The molecule has 0 N–H and O–H groups in total. The van der Waals surface area contributed by atoms with Gasteiger partial charge in [0.05, 0.1) is 21.8 Å². The van der Waals surface area contributed by atoms with Crippen molar-refractivity contribution < 1.29 is 13.9 Å². The molecular formula is C25H15ClFNO2. The molecule has 0 aliphatic carbocycles. The zero-order chi connectivity index (χ0) is 20.7. The van der Waals surface area contributed by atoms with E-state index in [1.165, 1.54) is 12.1 Å². The van der Waals surface area contributed by atoms with Crippen LogP contribution in [0.15, 0.2) is 66.7 Å². The number of aromatic nitrogens is 1. The van der Waals surface area contributed by atoms with Crippen molar-refractivity contribution >= 4 is 40.4 Å². The van der Waals surface area contributed by atoms with E-state index >= 15 is 0 Å². The molecule has 2 heterocycles. The van der Waals surface area contributed by atoms with E-state index in [1.54, 1.807) is 12.1 Å². The van der Waals surface area contributed by atoms with E-state index < -0.39 is 5.82 Å². The Bertz CT molecular complexity index is 1350. The monoisotopic (exact) mass is 415 g/mol. The van der Waals surface area contributed by atoms with Crippen molar-refractivity contribution in [2.45, 2.75) is 6.61 Å². The van der Waals surface area contributed by atoms with Gasteiger partial charge in [0.2, 0.25) is 0 Å². The standard InChI is InChI=1S/C25H15ClFNO2/c26-21-13-23-16(12-22(21)27)7-9-18(28-23)8-5-15-6-10-24-20(11-15)25(29)19-4-2-1-3-17(19)14-30-24/h1-13H,14H2/b8-5+. The number of carbonyl (C=O) groups is 1. The number of hydrogen-bond acceptors (Lipinski definition) is 3. The Labute approximate surface area is 177 Å². The Hall–Kier alpha value is -3.50. The van der Waals surface area contributed by atoms with E-state index in [-0.39, 0.29) is 10.8 Å². The summed E-state index contributed by atoms with van der Waals surface area (Å²) in [6.45, 7) is 0.369. The number of fused-ring (bicyclic) bond motifs is 3. The molecule has 1 aliphatic heterocycles. The van der Waals surface area contributed by atoms with E-state index in [0.29, 0.717) is 40.1 Å². The summed E-state index contributed by atoms with van der Waals surface area (Å²) in [5, 5.41) is 0.723. The molecule has 3 aromatic carbocycles. The van der Waals surface area contributed by atoms with Crippen molar-refractivity contribution in [1.29, 1.82) is 0 Å². The number of carbonyl (C=O) groups excluding carboxylic acids is 1. The fourth-order valence-corrected chi connectivity index (χ4v) is 3.69. The molecule has 5 rings (SSSR count). The van der Waals surface area contributed by atoms with Crippen LogP contribution in [0, 0.1) is 5.82 Å². The van der Waals surface area contributed by atoms with Gasteiger partial charge in [0.15, 0.2) is 5.78 Å². The van der Waals surface area contributed by atoms with Crippen LogP contribution in [0.5, 0.6) is 5.75 Å². The van der Waals surface area contributed by atoms with Gasteiger partial charge < -0.3 is 4.74 Å². The average Bonchev–Trinajstić information content (AvgIpc) is 2.90. The lowest BCUT2D eigenvalue weighted by Gasteiger charge is -2.07. The first-order chi connectivity index (χ1) is 14.6. The number of pyridine rings is 1. The highest BCUT2D eigenvalue weighted by Crippen LogP contribution is 2.30. The van der Waals surface area contributed by atoms with Crippen molar-refractivity contribution in [3.05, 3.63) is 106 Å². The van der Waals surface area contributed by atoms with E-state index in [1.807, 2.05) is 54.6 Å². The molecule has 4 aromatic rings. The van der Waals surface area contributed by atoms with Crippen molar-refractivity contribution in [2.75, 3.05) is 0 Å². The molecule has 0 fully saturated rings. The number of rotatable bonds is 2. The van der Waals surface area contributed by atoms with Crippen LogP contribution in [0.3, 0.4) is 0 Å². The first-order valence-electron chi connectivity index (χ1n) is 9.42. The molecule has 0 spiro atoms. The fourth-order valence-electron chi connectivity index (χ4n) is 3.53. The minimum atomic E-state index is -0.465. The topological polar surface area (TPSA) is 39.2 Å². The molecule has 3 nitrogen and oxygen atoms in total. The van der Waals surface area contributed by atoms with Crippen LogP contribution >= 0.6 is 11.6 Å². The van der Waals surface area contributed by atoms with Crippen molar-refractivity contribution in [3.63, 3.8) is 0 Å². The maximum absolute atomic E-state index is 13.6. The first-order valence-corrected chi connectivity index (χ1v) is 9.80. The number of benzene rings is 3. The van der Waals surface area contributed by atoms with Gasteiger partial charge in [0.25, 0.3) is 0 Å². The van der Waals surface area contributed by atoms with Crippen LogP contribution in [0.25, 0.3) is 23.1 Å². The van der Waals surface area contributed by atoms with E-state index in [9.17, 15) is 9.18 Å². The van der Waals surface area contributed by atoms with Crippen molar-refractivity contribution in [1.82, 2.24) is 4.98 Å². The smallest absolute Gasteiger partial charge is 0.197 e. The lowest BCUT2D eigenvalue weighted by Crippen LogP contribution is -2.02. The van der Waals surface area contributed by atoms with Gasteiger partial charge in [0, 0.05) is 16.5 Å². The SMILES string of the molecule is O=C1c2ccccc2COc2ccc(/C=C/c3ccc4cc(F)c(Cl)cc4n3)cc21. The highest BCUT2D eigenvalue weighted by Gasteiger charge is 2.21. The molecule has 146 valence electrons. The van der Waals surface area contributed by atoms with Gasteiger partial charge >= 0.3 is 0 Å². The Kier molecular flexibility index (Phi) is 4.57.